The third kappa shape index (κ3) is 3.29. The van der Waals surface area contributed by atoms with Gasteiger partial charge < -0.3 is 0 Å². The van der Waals surface area contributed by atoms with Crippen LogP contribution in [-0.4, -0.2) is 0 Å². The Bertz CT molecular complexity index is 1640. The first-order valence-corrected chi connectivity index (χ1v) is 12.6. The molecule has 1 atom stereocenters. The average molecular weight is 455 g/mol. The first kappa shape index (κ1) is 20.9. The number of hydrogen-bond acceptors (Lipinski definition) is 1. The molecule has 0 aliphatic heterocycles. The third-order valence-corrected chi connectivity index (χ3v) is 8.31. The maximum atomic E-state index is 4.11. The van der Waals surface area contributed by atoms with Crippen LogP contribution < -0.4 is 0 Å². The summed E-state index contributed by atoms with van der Waals surface area (Å²) >= 11 is 1.91. The fraction of sp³-hybridized carbons (Fsp3) is 0.121. The monoisotopic (exact) mass is 454 g/mol. The maximum Gasteiger partial charge on any atom is 0.0666 e. The fourth-order valence-electron chi connectivity index (χ4n) is 5.19. The highest BCUT2D eigenvalue weighted by Gasteiger charge is 2.49. The highest BCUT2D eigenvalue weighted by Crippen LogP contribution is 2.59. The summed E-state index contributed by atoms with van der Waals surface area (Å²) < 4.78 is 2.76. The molecule has 0 amide bonds. The Morgan fingerprint density at radius 3 is 2.68 bits per heavy atom. The number of fused-ring (bicyclic) bond motifs is 7. The topological polar surface area (TPSA) is 0 Å². The van der Waals surface area contributed by atoms with Crippen molar-refractivity contribution >= 4 is 31.5 Å². The summed E-state index contributed by atoms with van der Waals surface area (Å²) in [5.41, 5.74) is 12.5. The molecule has 0 saturated heterocycles. The van der Waals surface area contributed by atoms with Gasteiger partial charge in [-0.15, -0.1) is 17.1 Å². The number of rotatable bonds is 5. The summed E-state index contributed by atoms with van der Waals surface area (Å²) in [4.78, 5) is 0. The molecule has 2 aliphatic carbocycles. The quantitative estimate of drug-likeness (QED) is 0.209. The summed E-state index contributed by atoms with van der Waals surface area (Å²) in [6, 6.07) is 21.9. The van der Waals surface area contributed by atoms with Gasteiger partial charge in [-0.05, 0) is 71.9 Å². The van der Waals surface area contributed by atoms with Crippen molar-refractivity contribution in [3.8, 4) is 0 Å². The van der Waals surface area contributed by atoms with E-state index in [0.29, 0.717) is 0 Å². The van der Waals surface area contributed by atoms with Gasteiger partial charge in [-0.3, -0.25) is 0 Å². The van der Waals surface area contributed by atoms with E-state index in [0.717, 1.165) is 12.0 Å². The highest BCUT2D eigenvalue weighted by molar-refractivity contribution is 7.26. The highest BCUT2D eigenvalue weighted by atomic mass is 32.1. The van der Waals surface area contributed by atoms with E-state index in [1.54, 1.807) is 0 Å². The lowest BCUT2D eigenvalue weighted by Gasteiger charge is -2.12. The van der Waals surface area contributed by atoms with E-state index < -0.39 is 0 Å². The lowest BCUT2D eigenvalue weighted by molar-refractivity contribution is 1.01. The molecule has 6 rings (SSSR count). The Kier molecular flexibility index (Phi) is 4.92. The Morgan fingerprint density at radius 2 is 1.82 bits per heavy atom. The molecule has 0 saturated carbocycles. The van der Waals surface area contributed by atoms with Crippen LogP contribution in [0.2, 0.25) is 0 Å². The van der Waals surface area contributed by atoms with Crippen molar-refractivity contribution in [1.29, 1.82) is 0 Å². The van der Waals surface area contributed by atoms with Gasteiger partial charge in [0.05, 0.1) is 5.41 Å². The van der Waals surface area contributed by atoms with Crippen molar-refractivity contribution in [3.05, 3.63) is 148 Å². The summed E-state index contributed by atoms with van der Waals surface area (Å²) in [5.74, 6) is 0. The van der Waals surface area contributed by atoms with Crippen LogP contribution >= 0.6 is 11.3 Å². The van der Waals surface area contributed by atoms with Gasteiger partial charge in [0.15, 0.2) is 0 Å². The third-order valence-electron chi connectivity index (χ3n) is 7.11. The first-order valence-electron chi connectivity index (χ1n) is 11.8. The van der Waals surface area contributed by atoms with E-state index in [-0.39, 0.29) is 5.41 Å². The maximum absolute atomic E-state index is 4.11. The van der Waals surface area contributed by atoms with E-state index in [4.69, 9.17) is 0 Å². The van der Waals surface area contributed by atoms with Gasteiger partial charge in [0, 0.05) is 20.2 Å². The predicted molar refractivity (Wildman–Crippen MR) is 148 cm³/mol. The second-order valence-electron chi connectivity index (χ2n) is 9.33. The van der Waals surface area contributed by atoms with Crippen LogP contribution in [0, 0.1) is 6.92 Å². The minimum Gasteiger partial charge on any atom is -0.135 e. The van der Waals surface area contributed by atoms with Crippen molar-refractivity contribution in [3.63, 3.8) is 0 Å². The molecular weight excluding hydrogens is 428 g/mol. The molecule has 2 aliphatic rings. The van der Waals surface area contributed by atoms with Crippen molar-refractivity contribution in [2.24, 2.45) is 0 Å². The summed E-state index contributed by atoms with van der Waals surface area (Å²) in [7, 11) is 0. The molecule has 0 nitrogen and oxygen atoms in total. The SMILES string of the molecule is C=C/C(=C\C=C(\C)Cc1ccccc1C)C1=CC2(C=C=C1)c1ccc3c(sc4ccccc43)c12. The van der Waals surface area contributed by atoms with E-state index in [1.165, 1.54) is 53.6 Å². The summed E-state index contributed by atoms with van der Waals surface area (Å²) in [6.07, 6.45) is 14.1. The van der Waals surface area contributed by atoms with Crippen LogP contribution in [0.15, 0.2) is 126 Å². The molecule has 34 heavy (non-hydrogen) atoms. The van der Waals surface area contributed by atoms with Gasteiger partial charge in [0.25, 0.3) is 0 Å². The van der Waals surface area contributed by atoms with E-state index in [9.17, 15) is 0 Å². The Balaban J connectivity index is 1.35. The van der Waals surface area contributed by atoms with Gasteiger partial charge in [0.2, 0.25) is 0 Å². The molecule has 1 heteroatoms. The molecule has 164 valence electrons. The first-order chi connectivity index (χ1) is 16.6. The van der Waals surface area contributed by atoms with Gasteiger partial charge in [-0.1, -0.05) is 91.1 Å². The second-order valence-corrected chi connectivity index (χ2v) is 10.4. The summed E-state index contributed by atoms with van der Waals surface area (Å²) in [6.45, 7) is 8.49. The minimum atomic E-state index is -0.130. The number of benzene rings is 3. The van der Waals surface area contributed by atoms with E-state index >= 15 is 0 Å². The van der Waals surface area contributed by atoms with Crippen LogP contribution in [0.3, 0.4) is 0 Å². The molecule has 0 N–H and O–H groups in total. The molecule has 1 unspecified atom stereocenters. The van der Waals surface area contributed by atoms with Gasteiger partial charge in [-0.25, -0.2) is 0 Å². The predicted octanol–water partition coefficient (Wildman–Crippen LogP) is 8.92. The van der Waals surface area contributed by atoms with Crippen LogP contribution in [0.1, 0.15) is 29.2 Å². The largest absolute Gasteiger partial charge is 0.135 e. The van der Waals surface area contributed by atoms with Crippen molar-refractivity contribution in [2.45, 2.75) is 25.7 Å². The lowest BCUT2D eigenvalue weighted by Crippen LogP contribution is -2.03. The molecule has 1 heterocycles. The standard InChI is InChI=1S/C33H26S/c1-4-24(16-15-22(2)20-25-11-6-5-10-23(25)3)26-12-9-19-33(21-26)29-18-17-28-27-13-7-8-14-30(27)34-32(28)31(29)33/h4-8,10-19,21H,1,20H2,2-3H3/b22-15-,24-16+. The van der Waals surface area contributed by atoms with Crippen LogP contribution in [0.25, 0.3) is 20.2 Å². The van der Waals surface area contributed by atoms with Gasteiger partial charge in [0.1, 0.15) is 0 Å². The minimum absolute atomic E-state index is 0.130. The Morgan fingerprint density at radius 1 is 1.00 bits per heavy atom. The average Bonchev–Trinajstić information content (AvgIpc) is 3.28. The molecular formula is C33H26S. The smallest absolute Gasteiger partial charge is 0.0666 e. The number of aryl methyl sites for hydroxylation is 1. The number of hydrogen-bond donors (Lipinski definition) is 0. The molecule has 3 aromatic carbocycles. The van der Waals surface area contributed by atoms with Crippen molar-refractivity contribution in [2.75, 3.05) is 0 Å². The molecule has 1 aromatic heterocycles. The van der Waals surface area contributed by atoms with Crippen molar-refractivity contribution < 1.29 is 0 Å². The van der Waals surface area contributed by atoms with E-state index in [1.807, 2.05) is 17.4 Å². The number of allylic oxidation sites excluding steroid dienone is 8. The molecule has 0 radical (unpaired) electrons. The fourth-order valence-corrected chi connectivity index (χ4v) is 6.51. The van der Waals surface area contributed by atoms with Crippen LogP contribution in [-0.2, 0) is 11.8 Å². The molecule has 0 fully saturated rings. The molecule has 1 spiro atoms. The Hall–Kier alpha value is -3.64. The van der Waals surface area contributed by atoms with Gasteiger partial charge in [-0.2, -0.15) is 0 Å². The summed E-state index contributed by atoms with van der Waals surface area (Å²) in [5, 5.41) is 2.72. The van der Waals surface area contributed by atoms with Crippen LogP contribution in [0.5, 0.6) is 0 Å². The van der Waals surface area contributed by atoms with Crippen LogP contribution in [0.4, 0.5) is 0 Å². The lowest BCUT2D eigenvalue weighted by atomic mass is 9.90. The normalized spacial score (nSPS) is 19.1. The zero-order valence-electron chi connectivity index (χ0n) is 19.6. The Labute approximate surface area is 205 Å². The molecule has 0 bridgehead atoms. The second kappa shape index (κ2) is 7.99. The zero-order chi connectivity index (χ0) is 23.3. The van der Waals surface area contributed by atoms with Crippen molar-refractivity contribution in [1.82, 2.24) is 0 Å². The molecule has 4 aromatic rings. The van der Waals surface area contributed by atoms with Gasteiger partial charge >= 0.3 is 0 Å². The number of thiophene rings is 1. The van der Waals surface area contributed by atoms with E-state index in [2.05, 4.69) is 117 Å². The zero-order valence-corrected chi connectivity index (χ0v) is 20.4.